The Kier molecular flexibility index (Phi) is 9.25. The lowest BCUT2D eigenvalue weighted by atomic mass is 9.43. The third-order valence-corrected chi connectivity index (χ3v) is 13.2. The quantitative estimate of drug-likeness (QED) is 0.194. The highest BCUT2D eigenvalue weighted by Gasteiger charge is 2.64. The molecule has 0 aromatic heterocycles. The van der Waals surface area contributed by atoms with E-state index in [2.05, 4.69) is 26.1 Å². The van der Waals surface area contributed by atoms with Crippen molar-refractivity contribution in [2.75, 3.05) is 12.3 Å². The van der Waals surface area contributed by atoms with Gasteiger partial charge in [0.05, 0.1) is 18.0 Å². The second-order valence-corrected chi connectivity index (χ2v) is 16.7. The van der Waals surface area contributed by atoms with Crippen LogP contribution >= 0.6 is 0 Å². The number of halogens is 3. The number of rotatable bonds is 9. The zero-order valence-corrected chi connectivity index (χ0v) is 25.5. The first-order valence-electron chi connectivity index (χ1n) is 14.7. The number of aliphatic hydroxyl groups is 1. The zero-order chi connectivity index (χ0) is 30.6. The van der Waals surface area contributed by atoms with Crippen molar-refractivity contribution in [1.82, 2.24) is 5.32 Å². The molecule has 0 bridgehead atoms. The summed E-state index contributed by atoms with van der Waals surface area (Å²) in [7, 11) is -9.96. The fourth-order valence-corrected chi connectivity index (χ4v) is 10.4. The maximum Gasteiger partial charge on any atom is 0.523 e. The Bertz CT molecular complexity index is 1200. The Labute approximate surface area is 241 Å². The Morgan fingerprint density at radius 3 is 2.29 bits per heavy atom. The van der Waals surface area contributed by atoms with E-state index in [0.717, 1.165) is 32.1 Å². The standard InChI is InChI=1S/C27H44F3NO8S2/c1-16(4-7-23(33)31-12-13-40(34,35)36)19-5-6-20-24-21(9-11-26(19,20)3)25(2)10-8-18(32)14-17(25)15-22(24)39-41(37,38)27(28,29)30/h16-22,24,32H,4-15H2,1-3H3,(H,31,33)(H,34,35,36)/t16-,17?,18-,19-,20+,21+,22+,24+,25+,26-/m1/s1. The van der Waals surface area contributed by atoms with Crippen molar-refractivity contribution in [2.24, 2.45) is 46.3 Å². The van der Waals surface area contributed by atoms with Crippen molar-refractivity contribution >= 4 is 26.1 Å². The van der Waals surface area contributed by atoms with Crippen molar-refractivity contribution in [3.8, 4) is 0 Å². The van der Waals surface area contributed by atoms with Gasteiger partial charge in [-0.2, -0.15) is 30.0 Å². The predicted molar refractivity (Wildman–Crippen MR) is 144 cm³/mol. The van der Waals surface area contributed by atoms with Crippen LogP contribution in [-0.4, -0.2) is 62.4 Å². The van der Waals surface area contributed by atoms with Crippen molar-refractivity contribution in [1.29, 1.82) is 0 Å². The SMILES string of the molecule is C[C@H](CCC(=O)NCCS(=O)(=O)O)[C@H]1CC[C@H]2[C@@H]3[C@@H](OS(=O)(=O)C(F)(F)F)CC4C[C@H](O)CC[C@]4(C)[C@H]3CC[C@]12C. The molecule has 4 saturated carbocycles. The zero-order valence-electron chi connectivity index (χ0n) is 23.9. The molecule has 0 aromatic rings. The summed E-state index contributed by atoms with van der Waals surface area (Å²) in [4.78, 5) is 12.3. The molecule has 14 heteroatoms. The Balaban J connectivity index is 1.53. The lowest BCUT2D eigenvalue weighted by molar-refractivity contribution is -0.170. The largest absolute Gasteiger partial charge is 0.523 e. The molecule has 41 heavy (non-hydrogen) atoms. The van der Waals surface area contributed by atoms with E-state index in [0.29, 0.717) is 19.3 Å². The van der Waals surface area contributed by atoms with Crippen LogP contribution < -0.4 is 5.32 Å². The molecule has 0 radical (unpaired) electrons. The molecule has 4 aliphatic rings. The van der Waals surface area contributed by atoms with Crippen LogP contribution in [0.15, 0.2) is 0 Å². The fraction of sp³-hybridized carbons (Fsp3) is 0.963. The number of amides is 1. The summed E-state index contributed by atoms with van der Waals surface area (Å²) in [5.41, 5.74) is -5.98. The minimum absolute atomic E-state index is 0.0112. The van der Waals surface area contributed by atoms with Crippen LogP contribution in [0.4, 0.5) is 13.2 Å². The molecule has 4 rings (SSSR count). The molecule has 10 atom stereocenters. The monoisotopic (exact) mass is 631 g/mol. The summed E-state index contributed by atoms with van der Waals surface area (Å²) in [6.45, 7) is 6.19. The molecular weight excluding hydrogens is 587 g/mol. The smallest absolute Gasteiger partial charge is 0.393 e. The van der Waals surface area contributed by atoms with E-state index in [1.54, 1.807) is 0 Å². The van der Waals surface area contributed by atoms with Crippen LogP contribution in [0.3, 0.4) is 0 Å². The van der Waals surface area contributed by atoms with Crippen molar-refractivity contribution in [3.05, 3.63) is 0 Å². The van der Waals surface area contributed by atoms with E-state index in [1.807, 2.05) is 0 Å². The minimum atomic E-state index is -5.79. The molecule has 4 aliphatic carbocycles. The van der Waals surface area contributed by atoms with Crippen molar-refractivity contribution in [3.63, 3.8) is 0 Å². The maximum atomic E-state index is 13.5. The van der Waals surface area contributed by atoms with Gasteiger partial charge < -0.3 is 10.4 Å². The van der Waals surface area contributed by atoms with Crippen LogP contribution in [0.25, 0.3) is 0 Å². The summed E-state index contributed by atoms with van der Waals surface area (Å²) >= 11 is 0. The summed E-state index contributed by atoms with van der Waals surface area (Å²) in [5.74, 6) is -1.13. The number of nitrogens with one attached hydrogen (secondary N) is 1. The number of fused-ring (bicyclic) bond motifs is 5. The highest BCUT2D eigenvalue weighted by Crippen LogP contribution is 2.69. The number of aliphatic hydroxyl groups excluding tert-OH is 1. The average molecular weight is 632 g/mol. The summed E-state index contributed by atoms with van der Waals surface area (Å²) in [5, 5.41) is 12.9. The van der Waals surface area contributed by atoms with Crippen LogP contribution in [-0.2, 0) is 29.2 Å². The fourth-order valence-electron chi connectivity index (χ4n) is 9.43. The molecule has 4 fully saturated rings. The van der Waals surface area contributed by atoms with Crippen molar-refractivity contribution in [2.45, 2.75) is 103 Å². The summed E-state index contributed by atoms with van der Waals surface area (Å²) < 4.78 is 101. The molecule has 0 heterocycles. The maximum absolute atomic E-state index is 13.5. The van der Waals surface area contributed by atoms with Gasteiger partial charge >= 0.3 is 15.6 Å². The molecule has 3 N–H and O–H groups in total. The lowest BCUT2D eigenvalue weighted by Gasteiger charge is -2.62. The van der Waals surface area contributed by atoms with E-state index in [1.165, 1.54) is 0 Å². The highest BCUT2D eigenvalue weighted by molar-refractivity contribution is 7.87. The number of hydrogen-bond donors (Lipinski definition) is 3. The number of carbonyl (C=O) groups is 1. The van der Waals surface area contributed by atoms with Gasteiger partial charge in [-0.25, -0.2) is 0 Å². The van der Waals surface area contributed by atoms with Gasteiger partial charge in [0.2, 0.25) is 5.91 Å². The van der Waals surface area contributed by atoms with E-state index < -0.39 is 43.7 Å². The van der Waals surface area contributed by atoms with E-state index in [4.69, 9.17) is 8.74 Å². The third-order valence-electron chi connectivity index (χ3n) is 11.4. The van der Waals surface area contributed by atoms with E-state index in [9.17, 15) is 39.9 Å². The van der Waals surface area contributed by atoms with E-state index in [-0.39, 0.29) is 71.6 Å². The van der Waals surface area contributed by atoms with Gasteiger partial charge in [-0.05, 0) is 104 Å². The van der Waals surface area contributed by atoms with Gasteiger partial charge in [0.15, 0.2) is 0 Å². The van der Waals surface area contributed by atoms with Gasteiger partial charge in [-0.3, -0.25) is 13.5 Å². The molecule has 0 aliphatic heterocycles. The topological polar surface area (TPSA) is 147 Å². The average Bonchev–Trinajstić information content (AvgIpc) is 3.19. The second kappa shape index (κ2) is 11.5. The van der Waals surface area contributed by atoms with Crippen molar-refractivity contribution < 1.29 is 48.6 Å². The number of hydrogen-bond acceptors (Lipinski definition) is 7. The molecular formula is C27H44F3NO8S2. The lowest BCUT2D eigenvalue weighted by Crippen LogP contribution is -2.59. The first kappa shape index (κ1) is 32.9. The molecule has 0 saturated heterocycles. The molecule has 9 nitrogen and oxygen atoms in total. The van der Waals surface area contributed by atoms with Crippen LogP contribution in [0.5, 0.6) is 0 Å². The normalized spacial score (nSPS) is 40.2. The third kappa shape index (κ3) is 6.61. The molecule has 0 aromatic carbocycles. The molecule has 1 unspecified atom stereocenters. The molecule has 0 spiro atoms. The molecule has 238 valence electrons. The minimum Gasteiger partial charge on any atom is -0.393 e. The van der Waals surface area contributed by atoms with Gasteiger partial charge in [0.1, 0.15) is 0 Å². The first-order valence-corrected chi connectivity index (χ1v) is 17.7. The second-order valence-electron chi connectivity index (χ2n) is 13.6. The number of carbonyl (C=O) groups excluding carboxylic acids is 1. The van der Waals surface area contributed by atoms with E-state index >= 15 is 0 Å². The Morgan fingerprint density at radius 2 is 1.66 bits per heavy atom. The molecule has 1 amide bonds. The van der Waals surface area contributed by atoms with Gasteiger partial charge in [0, 0.05) is 13.0 Å². The Morgan fingerprint density at radius 1 is 1.02 bits per heavy atom. The van der Waals surface area contributed by atoms with Gasteiger partial charge in [-0.1, -0.05) is 20.8 Å². The van der Waals surface area contributed by atoms with Gasteiger partial charge in [-0.15, -0.1) is 0 Å². The predicted octanol–water partition coefficient (Wildman–Crippen LogP) is 4.27. The first-order chi connectivity index (χ1) is 18.8. The highest BCUT2D eigenvalue weighted by atomic mass is 32.2. The Hall–Kier alpha value is -0.960. The van der Waals surface area contributed by atoms with Crippen LogP contribution in [0.1, 0.15) is 85.0 Å². The number of alkyl halides is 3. The summed E-state index contributed by atoms with van der Waals surface area (Å²) in [6, 6.07) is 0. The van der Waals surface area contributed by atoms with Gasteiger partial charge in [0.25, 0.3) is 10.1 Å². The van der Waals surface area contributed by atoms with Crippen LogP contribution in [0.2, 0.25) is 0 Å². The van der Waals surface area contributed by atoms with Crippen LogP contribution in [0, 0.1) is 46.3 Å². The summed E-state index contributed by atoms with van der Waals surface area (Å²) in [6.07, 6.45) is 4.15.